The number of nitrogens with zero attached hydrogens (tertiary/aromatic N) is 1. The first kappa shape index (κ1) is 9.93. The van der Waals surface area contributed by atoms with Crippen LogP contribution in [-0.4, -0.2) is 37.3 Å². The molecule has 3 heteroatoms. The van der Waals surface area contributed by atoms with Crippen molar-refractivity contribution in [1.82, 2.24) is 4.90 Å². The fraction of sp³-hybridized carbons (Fsp3) is 1.00. The van der Waals surface area contributed by atoms with E-state index in [4.69, 9.17) is 5.73 Å². The maximum atomic E-state index is 13.4. The molecular weight excluding hydrogens is 155 g/mol. The third-order valence-electron chi connectivity index (χ3n) is 2.61. The van der Waals surface area contributed by atoms with Crippen LogP contribution >= 0.6 is 0 Å². The Morgan fingerprint density at radius 2 is 2.25 bits per heavy atom. The summed E-state index contributed by atoms with van der Waals surface area (Å²) in [7, 11) is 2.04. The van der Waals surface area contributed by atoms with Crippen LogP contribution in [0.5, 0.6) is 0 Å². The molecule has 0 aliphatic carbocycles. The summed E-state index contributed by atoms with van der Waals surface area (Å²) in [5.74, 6) is 0.156. The number of rotatable bonds is 2. The average molecular weight is 174 g/mol. The first-order valence-corrected chi connectivity index (χ1v) is 4.69. The number of piperidine rings is 1. The van der Waals surface area contributed by atoms with Crippen LogP contribution in [-0.2, 0) is 0 Å². The van der Waals surface area contributed by atoms with Crippen LogP contribution in [0.15, 0.2) is 0 Å². The Morgan fingerprint density at radius 3 is 2.75 bits per heavy atom. The summed E-state index contributed by atoms with van der Waals surface area (Å²) in [6, 6.07) is -0.318. The Kier molecular flexibility index (Phi) is 3.47. The second kappa shape index (κ2) is 4.19. The lowest BCUT2D eigenvalue weighted by Crippen LogP contribution is -2.42. The molecule has 0 aromatic heterocycles. The van der Waals surface area contributed by atoms with Crippen LogP contribution in [0, 0.1) is 5.92 Å². The van der Waals surface area contributed by atoms with E-state index in [1.807, 2.05) is 7.05 Å². The predicted molar refractivity (Wildman–Crippen MR) is 48.8 cm³/mol. The Labute approximate surface area is 73.9 Å². The van der Waals surface area contributed by atoms with Crippen molar-refractivity contribution in [2.45, 2.75) is 32.0 Å². The first-order valence-electron chi connectivity index (χ1n) is 4.69. The van der Waals surface area contributed by atoms with E-state index in [0.29, 0.717) is 0 Å². The molecule has 0 saturated carbocycles. The standard InChI is InChI=1S/C9H19FN2/c1-7(11)9(10)8-4-3-5-12(2)6-8/h7-9H,3-6,11H2,1-2H3. The fourth-order valence-electron chi connectivity index (χ4n) is 1.90. The Morgan fingerprint density at radius 1 is 1.58 bits per heavy atom. The zero-order chi connectivity index (χ0) is 9.14. The van der Waals surface area contributed by atoms with E-state index >= 15 is 0 Å². The van der Waals surface area contributed by atoms with Crippen LogP contribution in [0.3, 0.4) is 0 Å². The lowest BCUT2D eigenvalue weighted by atomic mass is 9.91. The fourth-order valence-corrected chi connectivity index (χ4v) is 1.90. The molecule has 0 aromatic rings. The highest BCUT2D eigenvalue weighted by Gasteiger charge is 2.27. The van der Waals surface area contributed by atoms with Crippen LogP contribution in [0.2, 0.25) is 0 Å². The molecule has 2 nitrogen and oxygen atoms in total. The van der Waals surface area contributed by atoms with E-state index in [-0.39, 0.29) is 12.0 Å². The van der Waals surface area contributed by atoms with Crippen molar-refractivity contribution in [2.24, 2.45) is 11.7 Å². The summed E-state index contributed by atoms with van der Waals surface area (Å²) in [5, 5.41) is 0. The third kappa shape index (κ3) is 2.42. The van der Waals surface area contributed by atoms with Gasteiger partial charge in [-0.25, -0.2) is 4.39 Å². The largest absolute Gasteiger partial charge is 0.325 e. The van der Waals surface area contributed by atoms with E-state index in [2.05, 4.69) is 4.90 Å². The highest BCUT2D eigenvalue weighted by molar-refractivity contribution is 4.81. The van der Waals surface area contributed by atoms with E-state index in [9.17, 15) is 4.39 Å². The van der Waals surface area contributed by atoms with Gasteiger partial charge in [0.1, 0.15) is 6.17 Å². The average Bonchev–Trinajstić information content (AvgIpc) is 2.03. The molecule has 3 atom stereocenters. The number of halogens is 1. The van der Waals surface area contributed by atoms with E-state index < -0.39 is 6.17 Å². The van der Waals surface area contributed by atoms with Crippen molar-refractivity contribution < 1.29 is 4.39 Å². The maximum absolute atomic E-state index is 13.4. The number of nitrogens with two attached hydrogens (primary N) is 1. The summed E-state index contributed by atoms with van der Waals surface area (Å²) in [6.45, 7) is 3.71. The predicted octanol–water partition coefficient (Wildman–Crippen LogP) is 1.01. The van der Waals surface area contributed by atoms with Gasteiger partial charge in [0.05, 0.1) is 0 Å². The van der Waals surface area contributed by atoms with Crippen LogP contribution < -0.4 is 5.73 Å². The van der Waals surface area contributed by atoms with Gasteiger partial charge in [0.2, 0.25) is 0 Å². The molecule has 3 unspecified atom stereocenters. The number of hydrogen-bond donors (Lipinski definition) is 1. The lowest BCUT2D eigenvalue weighted by molar-refractivity contribution is 0.112. The van der Waals surface area contributed by atoms with Crippen molar-refractivity contribution in [2.75, 3.05) is 20.1 Å². The summed E-state index contributed by atoms with van der Waals surface area (Å²) < 4.78 is 13.4. The zero-order valence-electron chi connectivity index (χ0n) is 7.96. The van der Waals surface area contributed by atoms with Crippen molar-refractivity contribution in [3.05, 3.63) is 0 Å². The molecule has 1 rings (SSSR count). The highest BCUT2D eigenvalue weighted by Crippen LogP contribution is 2.22. The third-order valence-corrected chi connectivity index (χ3v) is 2.61. The Hall–Kier alpha value is -0.150. The molecule has 1 aliphatic heterocycles. The highest BCUT2D eigenvalue weighted by atomic mass is 19.1. The molecule has 12 heavy (non-hydrogen) atoms. The monoisotopic (exact) mass is 174 g/mol. The van der Waals surface area contributed by atoms with Crippen LogP contribution in [0.1, 0.15) is 19.8 Å². The summed E-state index contributed by atoms with van der Waals surface area (Å²) in [6.07, 6.45) is 1.27. The minimum Gasteiger partial charge on any atom is -0.325 e. The van der Waals surface area contributed by atoms with Crippen LogP contribution in [0.4, 0.5) is 4.39 Å². The van der Waals surface area contributed by atoms with Gasteiger partial charge < -0.3 is 10.6 Å². The number of likely N-dealkylation sites (tertiary alicyclic amines) is 1. The molecule has 0 radical (unpaired) electrons. The van der Waals surface area contributed by atoms with Gasteiger partial charge in [0.25, 0.3) is 0 Å². The Balaban J connectivity index is 2.40. The van der Waals surface area contributed by atoms with Gasteiger partial charge >= 0.3 is 0 Å². The second-order valence-electron chi connectivity index (χ2n) is 3.97. The quantitative estimate of drug-likeness (QED) is 0.677. The smallest absolute Gasteiger partial charge is 0.119 e. The summed E-state index contributed by atoms with van der Waals surface area (Å²) in [5.41, 5.74) is 5.52. The van der Waals surface area contributed by atoms with Gasteiger partial charge in [-0.05, 0) is 33.4 Å². The molecule has 1 heterocycles. The molecular formula is C9H19FN2. The van der Waals surface area contributed by atoms with Crippen LogP contribution in [0.25, 0.3) is 0 Å². The molecule has 0 amide bonds. The molecule has 0 bridgehead atoms. The van der Waals surface area contributed by atoms with Crippen molar-refractivity contribution in [3.63, 3.8) is 0 Å². The maximum Gasteiger partial charge on any atom is 0.119 e. The zero-order valence-corrected chi connectivity index (χ0v) is 7.96. The summed E-state index contributed by atoms with van der Waals surface area (Å²) >= 11 is 0. The van der Waals surface area contributed by atoms with Crippen molar-refractivity contribution in [1.29, 1.82) is 0 Å². The van der Waals surface area contributed by atoms with Gasteiger partial charge in [-0.3, -0.25) is 0 Å². The minimum absolute atomic E-state index is 0.156. The second-order valence-corrected chi connectivity index (χ2v) is 3.97. The molecule has 2 N–H and O–H groups in total. The number of alkyl halides is 1. The minimum atomic E-state index is -0.826. The van der Waals surface area contributed by atoms with Crippen molar-refractivity contribution in [3.8, 4) is 0 Å². The molecule has 0 spiro atoms. The molecule has 0 aromatic carbocycles. The number of hydrogen-bond acceptors (Lipinski definition) is 2. The molecule has 1 aliphatic rings. The molecule has 1 saturated heterocycles. The summed E-state index contributed by atoms with van der Waals surface area (Å²) in [4.78, 5) is 2.18. The molecule has 72 valence electrons. The van der Waals surface area contributed by atoms with Gasteiger partial charge in [-0.15, -0.1) is 0 Å². The Bertz CT molecular complexity index is 138. The van der Waals surface area contributed by atoms with Gasteiger partial charge in [-0.2, -0.15) is 0 Å². The van der Waals surface area contributed by atoms with E-state index in [0.717, 1.165) is 25.9 Å². The lowest BCUT2D eigenvalue weighted by Gasteiger charge is -2.32. The molecule has 1 fully saturated rings. The van der Waals surface area contributed by atoms with E-state index in [1.165, 1.54) is 0 Å². The SMILES string of the molecule is CC(N)C(F)C1CCCN(C)C1. The topological polar surface area (TPSA) is 29.3 Å². The van der Waals surface area contributed by atoms with Gasteiger partial charge in [0, 0.05) is 18.5 Å². The van der Waals surface area contributed by atoms with Gasteiger partial charge in [0.15, 0.2) is 0 Å². The normalized spacial score (nSPS) is 31.5. The van der Waals surface area contributed by atoms with E-state index in [1.54, 1.807) is 6.92 Å². The first-order chi connectivity index (χ1) is 5.61. The van der Waals surface area contributed by atoms with Crippen molar-refractivity contribution >= 4 is 0 Å². The van der Waals surface area contributed by atoms with Gasteiger partial charge in [-0.1, -0.05) is 0 Å².